The number of nitrogen functional groups attached to an aromatic ring is 1. The summed E-state index contributed by atoms with van der Waals surface area (Å²) in [5.41, 5.74) is 8.90. The van der Waals surface area contributed by atoms with Crippen LogP contribution in [-0.4, -0.2) is 25.2 Å². The Balaban J connectivity index is 1.99. The smallest absolute Gasteiger partial charge is 0.277 e. The maximum atomic E-state index is 13.5. The van der Waals surface area contributed by atoms with E-state index in [0.717, 1.165) is 5.56 Å². The number of para-hydroxylation sites is 1. The first-order valence-electron chi connectivity index (χ1n) is 7.03. The number of halogens is 1. The van der Waals surface area contributed by atoms with Crippen molar-refractivity contribution in [2.75, 3.05) is 24.2 Å². The summed E-state index contributed by atoms with van der Waals surface area (Å²) in [5, 5.41) is 0. The van der Waals surface area contributed by atoms with Crippen molar-refractivity contribution < 1.29 is 9.18 Å². The highest BCUT2D eigenvalue weighted by molar-refractivity contribution is 6.50. The second kappa shape index (κ2) is 5.60. The molecule has 0 radical (unpaired) electrons. The minimum Gasteiger partial charge on any atom is -0.398 e. The molecule has 0 spiro atoms. The number of hydrogen-bond donors (Lipinski definition) is 1. The van der Waals surface area contributed by atoms with Gasteiger partial charge in [-0.25, -0.2) is 4.39 Å². The first-order valence-corrected chi connectivity index (χ1v) is 7.03. The van der Waals surface area contributed by atoms with Gasteiger partial charge in [-0.15, -0.1) is 0 Å². The van der Waals surface area contributed by atoms with E-state index in [9.17, 15) is 9.18 Å². The van der Waals surface area contributed by atoms with Crippen LogP contribution in [0.15, 0.2) is 47.5 Å². The van der Waals surface area contributed by atoms with Crippen LogP contribution >= 0.6 is 0 Å². The van der Waals surface area contributed by atoms with Crippen LogP contribution < -0.4 is 10.6 Å². The second-order valence-electron chi connectivity index (χ2n) is 5.14. The Hall–Kier alpha value is -2.69. The number of hydrogen-bond acceptors (Lipinski definition) is 3. The molecule has 1 aliphatic heterocycles. The van der Waals surface area contributed by atoms with Crippen molar-refractivity contribution in [3.05, 3.63) is 59.4 Å². The average molecular weight is 297 g/mol. The lowest BCUT2D eigenvalue weighted by Crippen LogP contribution is -2.36. The number of carbonyl (C=O) groups excluding carboxylic acids is 1. The van der Waals surface area contributed by atoms with Gasteiger partial charge in [0.25, 0.3) is 5.91 Å². The number of aliphatic imine (C=N–C) groups is 1. The van der Waals surface area contributed by atoms with Crippen LogP contribution in [0.1, 0.15) is 11.1 Å². The summed E-state index contributed by atoms with van der Waals surface area (Å²) in [5.74, 6) is -0.614. The number of nitrogens with zero attached hydrogens (tertiary/aromatic N) is 2. The van der Waals surface area contributed by atoms with Crippen LogP contribution in [0.25, 0.3) is 0 Å². The van der Waals surface area contributed by atoms with Crippen molar-refractivity contribution in [3.8, 4) is 0 Å². The molecule has 2 aromatic rings. The number of benzene rings is 2. The maximum absolute atomic E-state index is 13.5. The molecule has 2 aromatic carbocycles. The van der Waals surface area contributed by atoms with E-state index in [2.05, 4.69) is 4.99 Å². The number of anilines is 2. The van der Waals surface area contributed by atoms with Crippen molar-refractivity contribution in [1.29, 1.82) is 0 Å². The van der Waals surface area contributed by atoms with Gasteiger partial charge >= 0.3 is 0 Å². The van der Waals surface area contributed by atoms with E-state index < -0.39 is 0 Å². The van der Waals surface area contributed by atoms with Gasteiger partial charge in [0.1, 0.15) is 11.5 Å². The summed E-state index contributed by atoms with van der Waals surface area (Å²) in [7, 11) is 1.56. The van der Waals surface area contributed by atoms with Gasteiger partial charge in [-0.05, 0) is 30.2 Å². The lowest BCUT2D eigenvalue weighted by Gasteiger charge is -2.19. The van der Waals surface area contributed by atoms with Gasteiger partial charge in [0.05, 0.1) is 5.69 Å². The summed E-state index contributed by atoms with van der Waals surface area (Å²) in [6.07, 6.45) is 0.711. The molecular formula is C17H16FN3O. The molecule has 0 bridgehead atoms. The Bertz CT molecular complexity index is 770. The van der Waals surface area contributed by atoms with E-state index in [1.807, 2.05) is 6.07 Å². The Kier molecular flexibility index (Phi) is 3.63. The van der Waals surface area contributed by atoms with Crippen LogP contribution in [0.4, 0.5) is 15.8 Å². The molecular weight excluding hydrogens is 281 g/mol. The zero-order chi connectivity index (χ0) is 15.7. The Morgan fingerprint density at radius 1 is 1.27 bits per heavy atom. The molecule has 0 aliphatic carbocycles. The van der Waals surface area contributed by atoms with Gasteiger partial charge in [-0.2, -0.15) is 0 Å². The largest absolute Gasteiger partial charge is 0.398 e. The predicted molar refractivity (Wildman–Crippen MR) is 85.8 cm³/mol. The summed E-state index contributed by atoms with van der Waals surface area (Å²) >= 11 is 0. The molecule has 5 heteroatoms. The Morgan fingerprint density at radius 3 is 2.77 bits per heavy atom. The van der Waals surface area contributed by atoms with Crippen molar-refractivity contribution >= 4 is 23.0 Å². The third-order valence-electron chi connectivity index (χ3n) is 3.83. The highest BCUT2D eigenvalue weighted by Crippen LogP contribution is 2.29. The molecule has 0 atom stereocenters. The van der Waals surface area contributed by atoms with Gasteiger partial charge in [0, 0.05) is 24.8 Å². The van der Waals surface area contributed by atoms with Crippen LogP contribution in [-0.2, 0) is 11.2 Å². The molecule has 0 saturated carbocycles. The van der Waals surface area contributed by atoms with Crippen LogP contribution in [0, 0.1) is 5.82 Å². The molecule has 1 amide bonds. The van der Waals surface area contributed by atoms with E-state index >= 15 is 0 Å². The number of carbonyl (C=O) groups is 1. The SMILES string of the molecule is CN=C(C(=O)N1CCc2ccc(F)cc21)c1ccccc1N. The van der Waals surface area contributed by atoms with E-state index in [1.54, 1.807) is 36.2 Å². The highest BCUT2D eigenvalue weighted by Gasteiger charge is 2.29. The van der Waals surface area contributed by atoms with E-state index in [4.69, 9.17) is 5.73 Å². The van der Waals surface area contributed by atoms with Gasteiger partial charge < -0.3 is 10.6 Å². The minimum atomic E-state index is -0.354. The van der Waals surface area contributed by atoms with Crippen LogP contribution in [0.5, 0.6) is 0 Å². The van der Waals surface area contributed by atoms with E-state index in [1.165, 1.54) is 12.1 Å². The van der Waals surface area contributed by atoms with Gasteiger partial charge in [-0.1, -0.05) is 24.3 Å². The molecule has 0 unspecified atom stereocenters. The number of amides is 1. The second-order valence-corrected chi connectivity index (χ2v) is 5.14. The molecule has 2 N–H and O–H groups in total. The standard InChI is InChI=1S/C17H16FN3O/c1-20-16(13-4-2-3-5-14(13)19)17(22)21-9-8-11-6-7-12(18)10-15(11)21/h2-7,10H,8-9,19H2,1H3. The van der Waals surface area contributed by atoms with Crippen LogP contribution in [0.2, 0.25) is 0 Å². The third kappa shape index (κ3) is 2.35. The summed E-state index contributed by atoms with van der Waals surface area (Å²) in [6.45, 7) is 0.517. The van der Waals surface area contributed by atoms with E-state index in [-0.39, 0.29) is 17.4 Å². The molecule has 112 valence electrons. The molecule has 3 rings (SSSR count). The number of fused-ring (bicyclic) bond motifs is 1. The van der Waals surface area contributed by atoms with Crippen LogP contribution in [0.3, 0.4) is 0 Å². The molecule has 1 aliphatic rings. The first-order chi connectivity index (χ1) is 10.6. The van der Waals surface area contributed by atoms with Gasteiger partial charge in [0.2, 0.25) is 0 Å². The third-order valence-corrected chi connectivity index (χ3v) is 3.83. The van der Waals surface area contributed by atoms with E-state index in [0.29, 0.717) is 29.9 Å². The number of rotatable bonds is 2. The molecule has 4 nitrogen and oxygen atoms in total. The molecule has 0 aromatic heterocycles. The minimum absolute atomic E-state index is 0.259. The summed E-state index contributed by atoms with van der Waals surface area (Å²) in [4.78, 5) is 18.5. The fourth-order valence-electron chi connectivity index (χ4n) is 2.74. The summed E-state index contributed by atoms with van der Waals surface area (Å²) < 4.78 is 13.5. The van der Waals surface area contributed by atoms with Gasteiger partial charge in [0.15, 0.2) is 0 Å². The Morgan fingerprint density at radius 2 is 2.05 bits per heavy atom. The quantitative estimate of drug-likeness (QED) is 0.683. The zero-order valence-corrected chi connectivity index (χ0v) is 12.2. The monoisotopic (exact) mass is 297 g/mol. The first kappa shape index (κ1) is 14.3. The van der Waals surface area contributed by atoms with Crippen molar-refractivity contribution in [2.45, 2.75) is 6.42 Å². The molecule has 0 fully saturated rings. The van der Waals surface area contributed by atoms with Gasteiger partial charge in [-0.3, -0.25) is 9.79 Å². The van der Waals surface area contributed by atoms with Crippen molar-refractivity contribution in [3.63, 3.8) is 0 Å². The van der Waals surface area contributed by atoms with Crippen molar-refractivity contribution in [2.24, 2.45) is 4.99 Å². The maximum Gasteiger partial charge on any atom is 0.277 e. The lowest BCUT2D eigenvalue weighted by atomic mass is 10.1. The fraction of sp³-hybridized carbons (Fsp3) is 0.176. The predicted octanol–water partition coefficient (Wildman–Crippen LogP) is 2.42. The zero-order valence-electron chi connectivity index (χ0n) is 12.2. The average Bonchev–Trinajstić information content (AvgIpc) is 2.92. The highest BCUT2D eigenvalue weighted by atomic mass is 19.1. The molecule has 0 saturated heterocycles. The topological polar surface area (TPSA) is 58.7 Å². The van der Waals surface area contributed by atoms with Crippen molar-refractivity contribution in [1.82, 2.24) is 0 Å². The molecule has 1 heterocycles. The fourth-order valence-corrected chi connectivity index (χ4v) is 2.74. The molecule has 22 heavy (non-hydrogen) atoms. The normalized spacial score (nSPS) is 14.1. The summed E-state index contributed by atoms with van der Waals surface area (Å²) in [6, 6.07) is 11.6. The number of nitrogens with two attached hydrogens (primary N) is 1. The Labute approximate surface area is 128 Å². The lowest BCUT2D eigenvalue weighted by molar-refractivity contribution is -0.112.